The highest BCUT2D eigenvalue weighted by Crippen LogP contribution is 2.28. The summed E-state index contributed by atoms with van der Waals surface area (Å²) >= 11 is 0. The Bertz CT molecular complexity index is 1190. The van der Waals surface area contributed by atoms with Crippen LogP contribution in [0, 0.1) is 0 Å². The van der Waals surface area contributed by atoms with Crippen molar-refractivity contribution in [1.29, 1.82) is 0 Å². The van der Waals surface area contributed by atoms with E-state index in [-0.39, 0.29) is 10.8 Å². The molecule has 33 heavy (non-hydrogen) atoms. The highest BCUT2D eigenvalue weighted by atomic mass is 32.2. The van der Waals surface area contributed by atoms with E-state index in [1.807, 2.05) is 54.6 Å². The lowest BCUT2D eigenvalue weighted by atomic mass is 10.0. The smallest absolute Gasteiger partial charge is 0.265 e. The number of para-hydroxylation sites is 1. The third-order valence-corrected chi connectivity index (χ3v) is 7.30. The Morgan fingerprint density at radius 1 is 0.939 bits per heavy atom. The van der Waals surface area contributed by atoms with E-state index in [1.54, 1.807) is 19.1 Å². The Morgan fingerprint density at radius 3 is 2.27 bits per heavy atom. The van der Waals surface area contributed by atoms with Crippen molar-refractivity contribution in [3.8, 4) is 16.9 Å². The van der Waals surface area contributed by atoms with E-state index in [1.165, 1.54) is 16.4 Å². The van der Waals surface area contributed by atoms with Gasteiger partial charge in [0.1, 0.15) is 5.75 Å². The average Bonchev–Trinajstić information content (AvgIpc) is 2.86. The second kappa shape index (κ2) is 10.2. The van der Waals surface area contributed by atoms with Crippen molar-refractivity contribution in [3.63, 3.8) is 0 Å². The van der Waals surface area contributed by atoms with Crippen molar-refractivity contribution in [2.45, 2.75) is 17.9 Å². The number of nitrogens with zero attached hydrogens (tertiary/aromatic N) is 1. The first-order chi connectivity index (χ1) is 15.9. The molecule has 1 heterocycles. The molecule has 172 valence electrons. The number of sulfonamides is 1. The predicted octanol–water partition coefficient (Wildman–Crippen LogP) is 3.78. The van der Waals surface area contributed by atoms with Crippen LogP contribution in [-0.4, -0.2) is 51.0 Å². The van der Waals surface area contributed by atoms with E-state index in [2.05, 4.69) is 5.32 Å². The number of amides is 1. The van der Waals surface area contributed by atoms with Gasteiger partial charge in [-0.3, -0.25) is 4.79 Å². The summed E-state index contributed by atoms with van der Waals surface area (Å²) in [6.45, 7) is 3.10. The Morgan fingerprint density at radius 2 is 1.58 bits per heavy atom. The lowest BCUT2D eigenvalue weighted by Crippen LogP contribution is -2.40. The van der Waals surface area contributed by atoms with Crippen LogP contribution in [0.5, 0.6) is 5.75 Å². The van der Waals surface area contributed by atoms with Gasteiger partial charge in [-0.15, -0.1) is 0 Å². The topological polar surface area (TPSA) is 84.9 Å². The second-order valence-corrected chi connectivity index (χ2v) is 9.59. The van der Waals surface area contributed by atoms with Crippen molar-refractivity contribution < 1.29 is 22.7 Å². The summed E-state index contributed by atoms with van der Waals surface area (Å²) in [4.78, 5) is 13.0. The molecule has 0 bridgehead atoms. The van der Waals surface area contributed by atoms with Crippen LogP contribution < -0.4 is 10.1 Å². The van der Waals surface area contributed by atoms with Crippen LogP contribution in [0.1, 0.15) is 6.92 Å². The molecular weight excluding hydrogens is 440 g/mol. The highest BCUT2D eigenvalue weighted by molar-refractivity contribution is 7.89. The zero-order valence-electron chi connectivity index (χ0n) is 18.3. The number of anilines is 1. The summed E-state index contributed by atoms with van der Waals surface area (Å²) < 4.78 is 37.9. The van der Waals surface area contributed by atoms with Crippen molar-refractivity contribution in [1.82, 2.24) is 4.31 Å². The van der Waals surface area contributed by atoms with Gasteiger partial charge in [-0.25, -0.2) is 8.42 Å². The maximum absolute atomic E-state index is 12.8. The molecule has 1 N–H and O–H groups in total. The second-order valence-electron chi connectivity index (χ2n) is 7.65. The summed E-state index contributed by atoms with van der Waals surface area (Å²) in [6, 6.07) is 23.5. The maximum Gasteiger partial charge on any atom is 0.265 e. The zero-order chi connectivity index (χ0) is 23.3. The number of nitrogens with one attached hydrogen (secondary N) is 1. The molecule has 8 heteroatoms. The number of carbonyl (C=O) groups excluding carboxylic acids is 1. The fourth-order valence-electron chi connectivity index (χ4n) is 3.58. The molecule has 4 rings (SSSR count). The molecule has 1 atom stereocenters. The van der Waals surface area contributed by atoms with Crippen molar-refractivity contribution in [2.75, 3.05) is 31.6 Å². The molecule has 1 amide bonds. The fraction of sp³-hybridized carbons (Fsp3) is 0.240. The largest absolute Gasteiger partial charge is 0.481 e. The Labute approximate surface area is 194 Å². The number of benzene rings is 3. The molecule has 0 spiro atoms. The summed E-state index contributed by atoms with van der Waals surface area (Å²) in [6.07, 6.45) is -0.782. The standard InChI is InChI=1S/C25H26N2O5S/c1-19(25(28)26-24-10-6-5-9-23(24)20-7-3-2-4-8-20)32-21-11-13-22(14-12-21)33(29,30)27-15-17-31-18-16-27/h2-14,19H,15-18H2,1H3,(H,26,28)/t19-/m1/s1. The molecule has 0 saturated carbocycles. The fourth-order valence-corrected chi connectivity index (χ4v) is 4.99. The van der Waals surface area contributed by atoms with Crippen molar-refractivity contribution in [2.24, 2.45) is 0 Å². The van der Waals surface area contributed by atoms with Crippen LogP contribution in [0.25, 0.3) is 11.1 Å². The van der Waals surface area contributed by atoms with Crippen LogP contribution in [0.4, 0.5) is 5.69 Å². The molecule has 7 nitrogen and oxygen atoms in total. The van der Waals surface area contributed by atoms with E-state index in [9.17, 15) is 13.2 Å². The van der Waals surface area contributed by atoms with Gasteiger partial charge in [-0.2, -0.15) is 4.31 Å². The lowest BCUT2D eigenvalue weighted by Gasteiger charge is -2.26. The summed E-state index contributed by atoms with van der Waals surface area (Å²) in [5.41, 5.74) is 2.60. The molecule has 1 saturated heterocycles. The first-order valence-electron chi connectivity index (χ1n) is 10.7. The first kappa shape index (κ1) is 23.0. The molecule has 0 radical (unpaired) electrons. The van der Waals surface area contributed by atoms with Gasteiger partial charge in [0.2, 0.25) is 10.0 Å². The molecule has 0 unspecified atom stereocenters. The van der Waals surface area contributed by atoms with Gasteiger partial charge in [0.15, 0.2) is 6.10 Å². The third kappa shape index (κ3) is 5.42. The summed E-state index contributed by atoms with van der Waals surface area (Å²) in [7, 11) is -3.58. The molecule has 3 aromatic rings. The average molecular weight is 467 g/mol. The summed E-state index contributed by atoms with van der Waals surface area (Å²) in [5, 5.41) is 2.93. The van der Waals surface area contributed by atoms with Crippen LogP contribution in [0.2, 0.25) is 0 Å². The minimum Gasteiger partial charge on any atom is -0.481 e. The van der Waals surface area contributed by atoms with Crippen LogP contribution >= 0.6 is 0 Å². The van der Waals surface area contributed by atoms with E-state index in [0.717, 1.165) is 11.1 Å². The number of carbonyl (C=O) groups is 1. The SMILES string of the molecule is C[C@@H](Oc1ccc(S(=O)(=O)N2CCOCC2)cc1)C(=O)Nc1ccccc1-c1ccccc1. The number of ether oxygens (including phenoxy) is 2. The van der Waals surface area contributed by atoms with E-state index in [4.69, 9.17) is 9.47 Å². The molecular formula is C25H26N2O5S. The number of hydrogen-bond acceptors (Lipinski definition) is 5. The van der Waals surface area contributed by atoms with Crippen LogP contribution in [0.3, 0.4) is 0 Å². The number of rotatable bonds is 7. The monoisotopic (exact) mass is 466 g/mol. The molecule has 1 aliphatic heterocycles. The van der Waals surface area contributed by atoms with E-state index in [0.29, 0.717) is 37.7 Å². The van der Waals surface area contributed by atoms with Crippen molar-refractivity contribution >= 4 is 21.6 Å². The van der Waals surface area contributed by atoms with Gasteiger partial charge in [-0.05, 0) is 42.8 Å². The lowest BCUT2D eigenvalue weighted by molar-refractivity contribution is -0.122. The van der Waals surface area contributed by atoms with Crippen molar-refractivity contribution in [3.05, 3.63) is 78.9 Å². The molecule has 3 aromatic carbocycles. The Balaban J connectivity index is 1.42. The molecule has 0 aliphatic carbocycles. The normalized spacial score (nSPS) is 15.5. The van der Waals surface area contributed by atoms with Crippen LogP contribution in [0.15, 0.2) is 83.8 Å². The van der Waals surface area contributed by atoms with E-state index < -0.39 is 16.1 Å². The number of hydrogen-bond donors (Lipinski definition) is 1. The number of morpholine rings is 1. The Hall–Kier alpha value is -3.20. The third-order valence-electron chi connectivity index (χ3n) is 5.38. The molecule has 1 fully saturated rings. The van der Waals surface area contributed by atoms with Gasteiger partial charge in [0.25, 0.3) is 5.91 Å². The highest BCUT2D eigenvalue weighted by Gasteiger charge is 2.26. The minimum absolute atomic E-state index is 0.186. The zero-order valence-corrected chi connectivity index (χ0v) is 19.1. The quantitative estimate of drug-likeness (QED) is 0.573. The minimum atomic E-state index is -3.58. The Kier molecular flexibility index (Phi) is 7.08. The molecule has 0 aromatic heterocycles. The van der Waals surface area contributed by atoms with Gasteiger partial charge in [-0.1, -0.05) is 48.5 Å². The van der Waals surface area contributed by atoms with Crippen LogP contribution in [-0.2, 0) is 19.6 Å². The summed E-state index contributed by atoms with van der Waals surface area (Å²) in [5.74, 6) is 0.110. The maximum atomic E-state index is 12.8. The van der Waals surface area contributed by atoms with E-state index >= 15 is 0 Å². The first-order valence-corrected chi connectivity index (χ1v) is 12.2. The molecule has 1 aliphatic rings. The van der Waals surface area contributed by atoms with Gasteiger partial charge >= 0.3 is 0 Å². The van der Waals surface area contributed by atoms with Gasteiger partial charge < -0.3 is 14.8 Å². The van der Waals surface area contributed by atoms with Gasteiger partial charge in [0, 0.05) is 24.3 Å². The predicted molar refractivity (Wildman–Crippen MR) is 127 cm³/mol. The van der Waals surface area contributed by atoms with Gasteiger partial charge in [0.05, 0.1) is 18.1 Å².